The molecule has 8 nitrogen and oxygen atoms in total. The van der Waals surface area contributed by atoms with Gasteiger partial charge in [-0.1, -0.05) is 0 Å². The Morgan fingerprint density at radius 3 is 2.72 bits per heavy atom. The number of nitrogens with zero attached hydrogens (tertiary/aromatic N) is 2. The van der Waals surface area contributed by atoms with E-state index in [0.29, 0.717) is 11.0 Å². The van der Waals surface area contributed by atoms with E-state index in [2.05, 4.69) is 9.72 Å². The van der Waals surface area contributed by atoms with Crippen LogP contribution in [0.4, 0.5) is 5.69 Å². The van der Waals surface area contributed by atoms with Gasteiger partial charge in [-0.3, -0.25) is 14.7 Å². The minimum atomic E-state index is -0.826. The molecule has 0 fully saturated rings. The molecule has 0 aliphatic rings. The topological polar surface area (TPSA) is 107 Å². The van der Waals surface area contributed by atoms with E-state index >= 15 is 0 Å². The van der Waals surface area contributed by atoms with Crippen molar-refractivity contribution >= 4 is 22.7 Å². The number of nitro groups is 1. The highest BCUT2D eigenvalue weighted by Crippen LogP contribution is 2.24. The van der Waals surface area contributed by atoms with Crippen LogP contribution in [-0.4, -0.2) is 27.6 Å². The zero-order valence-electron chi connectivity index (χ0n) is 9.59. The second kappa shape index (κ2) is 3.99. The number of carbonyl (C=O) groups excluding carboxylic acids is 1. The summed E-state index contributed by atoms with van der Waals surface area (Å²) >= 11 is 0. The fraction of sp³-hybridized carbons (Fsp3) is 0.200. The number of rotatable bonds is 2. The van der Waals surface area contributed by atoms with Gasteiger partial charge >= 0.3 is 11.7 Å². The highest BCUT2D eigenvalue weighted by molar-refractivity contribution is 5.98. The van der Waals surface area contributed by atoms with Crippen LogP contribution in [0.2, 0.25) is 0 Å². The monoisotopic (exact) mass is 251 g/mol. The minimum Gasteiger partial charge on any atom is -0.465 e. The number of imidazole rings is 1. The summed E-state index contributed by atoms with van der Waals surface area (Å²) in [5.41, 5.74) is -0.324. The van der Waals surface area contributed by atoms with Gasteiger partial charge in [0.25, 0.3) is 5.69 Å². The minimum absolute atomic E-state index is 0.197. The number of hydrogen-bond donors (Lipinski definition) is 1. The van der Waals surface area contributed by atoms with Crippen LogP contribution >= 0.6 is 0 Å². The second-order valence-corrected chi connectivity index (χ2v) is 3.62. The van der Waals surface area contributed by atoms with E-state index in [1.165, 1.54) is 23.7 Å². The largest absolute Gasteiger partial charge is 0.465 e. The van der Waals surface area contributed by atoms with E-state index in [0.717, 1.165) is 7.11 Å². The molecule has 0 bridgehead atoms. The maximum absolute atomic E-state index is 11.4. The molecule has 1 aromatic heterocycles. The van der Waals surface area contributed by atoms with Crippen LogP contribution in [0, 0.1) is 10.1 Å². The SMILES string of the molecule is COC(=O)c1cc2[nH]c(=O)n(C)c2cc1[N+](=O)[O-]. The van der Waals surface area contributed by atoms with Crippen LogP contribution in [0.5, 0.6) is 0 Å². The first-order valence-corrected chi connectivity index (χ1v) is 4.91. The van der Waals surface area contributed by atoms with Crippen molar-refractivity contribution in [3.8, 4) is 0 Å². The predicted octanol–water partition coefficient (Wildman–Crippen LogP) is 0.561. The number of fused-ring (bicyclic) bond motifs is 1. The van der Waals surface area contributed by atoms with Crippen molar-refractivity contribution < 1.29 is 14.5 Å². The maximum atomic E-state index is 11.4. The lowest BCUT2D eigenvalue weighted by Gasteiger charge is -2.01. The summed E-state index contributed by atoms with van der Waals surface area (Å²) in [5.74, 6) is -0.826. The zero-order chi connectivity index (χ0) is 13.4. The number of ether oxygens (including phenoxy) is 1. The molecule has 0 unspecified atom stereocenters. The van der Waals surface area contributed by atoms with Crippen LogP contribution in [0.15, 0.2) is 16.9 Å². The molecule has 2 aromatic rings. The Kier molecular flexibility index (Phi) is 2.62. The van der Waals surface area contributed by atoms with Crippen molar-refractivity contribution in [3.63, 3.8) is 0 Å². The van der Waals surface area contributed by atoms with Gasteiger partial charge in [0.1, 0.15) is 5.56 Å². The Balaban J connectivity index is 2.85. The molecule has 94 valence electrons. The normalized spacial score (nSPS) is 10.6. The Labute approximate surface area is 99.9 Å². The first-order valence-electron chi connectivity index (χ1n) is 4.91. The molecule has 0 aliphatic carbocycles. The molecule has 0 saturated heterocycles. The van der Waals surface area contributed by atoms with Crippen LogP contribution in [-0.2, 0) is 11.8 Å². The number of methoxy groups -OCH3 is 1. The van der Waals surface area contributed by atoms with Crippen molar-refractivity contribution in [2.45, 2.75) is 0 Å². The highest BCUT2D eigenvalue weighted by atomic mass is 16.6. The van der Waals surface area contributed by atoms with E-state index in [1.807, 2.05) is 0 Å². The van der Waals surface area contributed by atoms with E-state index in [4.69, 9.17) is 0 Å². The van der Waals surface area contributed by atoms with Gasteiger partial charge in [-0.2, -0.15) is 0 Å². The summed E-state index contributed by atoms with van der Waals surface area (Å²) in [6.45, 7) is 0. The van der Waals surface area contributed by atoms with Gasteiger partial charge in [-0.15, -0.1) is 0 Å². The van der Waals surface area contributed by atoms with Gasteiger partial charge in [0, 0.05) is 13.1 Å². The Hall–Kier alpha value is -2.64. The number of aromatic amines is 1. The Bertz CT molecular complexity index is 712. The van der Waals surface area contributed by atoms with Gasteiger partial charge in [0.15, 0.2) is 0 Å². The van der Waals surface area contributed by atoms with Crippen LogP contribution in [0.3, 0.4) is 0 Å². The van der Waals surface area contributed by atoms with Gasteiger partial charge < -0.3 is 9.72 Å². The third-order valence-electron chi connectivity index (χ3n) is 2.62. The summed E-state index contributed by atoms with van der Waals surface area (Å²) in [5, 5.41) is 10.9. The molecule has 0 amide bonds. The number of carbonyl (C=O) groups is 1. The third-order valence-corrected chi connectivity index (χ3v) is 2.62. The van der Waals surface area contributed by atoms with E-state index in [-0.39, 0.29) is 5.56 Å². The molecule has 2 rings (SSSR count). The molecule has 8 heteroatoms. The van der Waals surface area contributed by atoms with Gasteiger partial charge in [0.05, 0.1) is 23.1 Å². The lowest BCUT2D eigenvalue weighted by atomic mass is 10.1. The molecule has 0 aliphatic heterocycles. The summed E-state index contributed by atoms with van der Waals surface area (Å²) < 4.78 is 5.70. The molecule has 1 N–H and O–H groups in total. The summed E-state index contributed by atoms with van der Waals surface area (Å²) in [7, 11) is 2.60. The first-order chi connectivity index (χ1) is 8.45. The van der Waals surface area contributed by atoms with E-state index in [1.54, 1.807) is 0 Å². The lowest BCUT2D eigenvalue weighted by molar-refractivity contribution is -0.385. The molecule has 0 radical (unpaired) electrons. The number of nitro benzene ring substituents is 1. The summed E-state index contributed by atoms with van der Waals surface area (Å²) in [6.07, 6.45) is 0. The van der Waals surface area contributed by atoms with Crippen LogP contribution in [0.25, 0.3) is 11.0 Å². The van der Waals surface area contributed by atoms with Crippen molar-refractivity contribution in [2.24, 2.45) is 7.05 Å². The molecular weight excluding hydrogens is 242 g/mol. The number of nitrogens with one attached hydrogen (secondary N) is 1. The molecule has 0 atom stereocenters. The highest BCUT2D eigenvalue weighted by Gasteiger charge is 2.23. The number of aryl methyl sites for hydroxylation is 1. The predicted molar refractivity (Wildman–Crippen MR) is 61.5 cm³/mol. The third kappa shape index (κ3) is 1.63. The second-order valence-electron chi connectivity index (χ2n) is 3.62. The number of esters is 1. The lowest BCUT2D eigenvalue weighted by Crippen LogP contribution is -2.11. The number of H-pyrrole nitrogens is 1. The van der Waals surface area contributed by atoms with Crippen molar-refractivity contribution in [3.05, 3.63) is 38.3 Å². The van der Waals surface area contributed by atoms with Gasteiger partial charge in [-0.05, 0) is 6.07 Å². The van der Waals surface area contributed by atoms with E-state index < -0.39 is 22.3 Å². The molecule has 1 aromatic carbocycles. The number of aromatic nitrogens is 2. The van der Waals surface area contributed by atoms with Crippen molar-refractivity contribution in [2.75, 3.05) is 7.11 Å². The number of hydrogen-bond acceptors (Lipinski definition) is 5. The first kappa shape index (κ1) is 11.8. The zero-order valence-corrected chi connectivity index (χ0v) is 9.59. The molecule has 18 heavy (non-hydrogen) atoms. The fourth-order valence-corrected chi connectivity index (χ4v) is 1.69. The Morgan fingerprint density at radius 1 is 1.50 bits per heavy atom. The smallest absolute Gasteiger partial charge is 0.344 e. The standard InChI is InChI=1S/C10H9N3O5/c1-12-8-4-7(13(16)17)5(9(14)18-2)3-6(8)11-10(12)15/h3-4H,1-2H3,(H,11,15). The van der Waals surface area contributed by atoms with Gasteiger partial charge in [-0.25, -0.2) is 9.59 Å². The molecular formula is C10H9N3O5. The van der Waals surface area contributed by atoms with Gasteiger partial charge in [0.2, 0.25) is 0 Å². The van der Waals surface area contributed by atoms with E-state index in [9.17, 15) is 19.7 Å². The quantitative estimate of drug-likeness (QED) is 0.476. The fourth-order valence-electron chi connectivity index (χ4n) is 1.69. The maximum Gasteiger partial charge on any atom is 0.344 e. The van der Waals surface area contributed by atoms with Crippen molar-refractivity contribution in [1.29, 1.82) is 0 Å². The molecule has 0 saturated carbocycles. The van der Waals surface area contributed by atoms with Crippen LogP contribution < -0.4 is 5.69 Å². The molecule has 0 spiro atoms. The molecule has 1 heterocycles. The number of benzene rings is 1. The van der Waals surface area contributed by atoms with Crippen molar-refractivity contribution in [1.82, 2.24) is 9.55 Å². The average Bonchev–Trinajstić information content (AvgIpc) is 2.62. The van der Waals surface area contributed by atoms with Crippen LogP contribution in [0.1, 0.15) is 10.4 Å². The summed E-state index contributed by atoms with van der Waals surface area (Å²) in [6, 6.07) is 2.40. The summed E-state index contributed by atoms with van der Waals surface area (Å²) in [4.78, 5) is 35.5. The average molecular weight is 251 g/mol. The Morgan fingerprint density at radius 2 is 2.17 bits per heavy atom.